The van der Waals surface area contributed by atoms with Crippen molar-refractivity contribution in [2.75, 3.05) is 0 Å². The molecule has 0 unspecified atom stereocenters. The second-order valence-electron chi connectivity index (χ2n) is 8.07. The normalized spacial score (nSPS) is 32.0. The number of nitrogens with one attached hydrogen (secondary N) is 1. The van der Waals surface area contributed by atoms with Gasteiger partial charge in [-0.3, -0.25) is 14.5 Å². The zero-order valence-corrected chi connectivity index (χ0v) is 15.6. The molecule has 7 heteroatoms. The van der Waals surface area contributed by atoms with E-state index in [4.69, 9.17) is 10.5 Å². The number of carbonyl (C=O) groups excluding carboxylic acids is 2. The highest BCUT2D eigenvalue weighted by Gasteiger charge is 2.57. The fraction of sp³-hybridized carbons (Fsp3) is 0.550. The first-order chi connectivity index (χ1) is 12.9. The second-order valence-corrected chi connectivity index (χ2v) is 8.07. The predicted octanol–water partition coefficient (Wildman–Crippen LogP) is 1.94. The number of rotatable bonds is 6. The van der Waals surface area contributed by atoms with E-state index in [2.05, 4.69) is 23.8 Å². The molecule has 0 aromatic carbocycles. The minimum atomic E-state index is -0.531. The van der Waals surface area contributed by atoms with Crippen LogP contribution < -0.4 is 15.8 Å². The van der Waals surface area contributed by atoms with Crippen molar-refractivity contribution in [3.63, 3.8) is 0 Å². The van der Waals surface area contributed by atoms with Crippen LogP contribution in [0.2, 0.25) is 0 Å². The van der Waals surface area contributed by atoms with Crippen molar-refractivity contribution in [3.05, 3.63) is 36.3 Å². The van der Waals surface area contributed by atoms with Gasteiger partial charge in [0.05, 0.1) is 0 Å². The number of aromatic nitrogens is 1. The Hall–Kier alpha value is -2.57. The van der Waals surface area contributed by atoms with Crippen LogP contribution in [0, 0.1) is 5.41 Å². The number of ether oxygens (including phenoxy) is 1. The van der Waals surface area contributed by atoms with Crippen LogP contribution in [0.4, 0.5) is 0 Å². The molecular weight excluding hydrogens is 344 g/mol. The quantitative estimate of drug-likeness (QED) is 0.798. The Labute approximate surface area is 159 Å². The van der Waals surface area contributed by atoms with Crippen LogP contribution in [0.3, 0.4) is 0 Å². The first kappa shape index (κ1) is 17.8. The number of carbonyl (C=O) groups is 2. The number of amides is 2. The lowest BCUT2D eigenvalue weighted by Crippen LogP contribution is -2.59. The minimum absolute atomic E-state index is 0.0439. The van der Waals surface area contributed by atoms with Crippen molar-refractivity contribution in [1.82, 2.24) is 15.2 Å². The summed E-state index contributed by atoms with van der Waals surface area (Å²) in [5, 5.41) is 3.23. The Kier molecular flexibility index (Phi) is 4.32. The van der Waals surface area contributed by atoms with Gasteiger partial charge in [0, 0.05) is 12.2 Å². The van der Waals surface area contributed by atoms with E-state index in [1.165, 1.54) is 0 Å². The first-order valence-corrected chi connectivity index (χ1v) is 9.62. The molecule has 27 heavy (non-hydrogen) atoms. The standard InChI is InChI=1S/C20H26N4O3/c1-3-5-16-19(26)24(12(2)23-16)13-8-20(9-13)10-14(11-20)27-18-15(17(21)25)6-4-7-22-18/h4,6-7,13-14,16,23H,2-3,5,8-11H2,1H3,(H2,21,25)/t13?,14?,16-,20?/m0/s1. The summed E-state index contributed by atoms with van der Waals surface area (Å²) in [7, 11) is 0. The highest BCUT2D eigenvalue weighted by Crippen LogP contribution is 2.58. The maximum Gasteiger partial charge on any atom is 0.254 e. The lowest BCUT2D eigenvalue weighted by atomic mass is 9.52. The summed E-state index contributed by atoms with van der Waals surface area (Å²) in [6, 6.07) is 3.41. The predicted molar refractivity (Wildman–Crippen MR) is 99.7 cm³/mol. The number of hydrogen-bond acceptors (Lipinski definition) is 5. The molecule has 0 bridgehead atoms. The first-order valence-electron chi connectivity index (χ1n) is 9.62. The third kappa shape index (κ3) is 3.05. The Balaban J connectivity index is 1.31. The summed E-state index contributed by atoms with van der Waals surface area (Å²) >= 11 is 0. The van der Waals surface area contributed by atoms with Crippen LogP contribution in [0.5, 0.6) is 5.88 Å². The maximum atomic E-state index is 12.6. The third-order valence-electron chi connectivity index (χ3n) is 6.08. The molecule has 144 valence electrons. The van der Waals surface area contributed by atoms with Crippen LogP contribution in [0.25, 0.3) is 0 Å². The molecule has 3 aliphatic rings. The molecule has 3 fully saturated rings. The van der Waals surface area contributed by atoms with Crippen LogP contribution in [-0.4, -0.2) is 39.9 Å². The zero-order valence-electron chi connectivity index (χ0n) is 15.6. The average molecular weight is 370 g/mol. The SMILES string of the molecule is C=C1N[C@@H](CCC)C(=O)N1C1CC2(CC(Oc3ncccc3C(N)=O)C2)C1. The monoisotopic (exact) mass is 370 g/mol. The van der Waals surface area contributed by atoms with Crippen molar-refractivity contribution in [2.24, 2.45) is 11.1 Å². The van der Waals surface area contributed by atoms with E-state index in [0.29, 0.717) is 11.4 Å². The summed E-state index contributed by atoms with van der Waals surface area (Å²) in [5.41, 5.74) is 5.93. The summed E-state index contributed by atoms with van der Waals surface area (Å²) in [4.78, 5) is 30.1. The van der Waals surface area contributed by atoms with Gasteiger partial charge in [-0.05, 0) is 49.7 Å². The Morgan fingerprint density at radius 3 is 2.85 bits per heavy atom. The van der Waals surface area contributed by atoms with Gasteiger partial charge >= 0.3 is 0 Å². The van der Waals surface area contributed by atoms with E-state index in [1.54, 1.807) is 18.3 Å². The van der Waals surface area contributed by atoms with E-state index in [0.717, 1.165) is 44.3 Å². The van der Waals surface area contributed by atoms with Crippen molar-refractivity contribution >= 4 is 11.8 Å². The van der Waals surface area contributed by atoms with Gasteiger partial charge in [-0.25, -0.2) is 4.98 Å². The summed E-state index contributed by atoms with van der Waals surface area (Å²) in [5.74, 6) is 0.685. The van der Waals surface area contributed by atoms with Gasteiger partial charge in [-0.2, -0.15) is 0 Å². The number of nitrogens with two attached hydrogens (primary N) is 1. The van der Waals surface area contributed by atoms with Crippen LogP contribution in [0.1, 0.15) is 55.8 Å². The largest absolute Gasteiger partial charge is 0.474 e. The molecule has 1 atom stereocenters. The van der Waals surface area contributed by atoms with Crippen molar-refractivity contribution in [3.8, 4) is 5.88 Å². The molecule has 7 nitrogen and oxygen atoms in total. The molecule has 2 amide bonds. The average Bonchev–Trinajstić information content (AvgIpc) is 2.83. The lowest BCUT2D eigenvalue weighted by Gasteiger charge is -2.58. The van der Waals surface area contributed by atoms with Gasteiger partial charge in [-0.1, -0.05) is 19.9 Å². The minimum Gasteiger partial charge on any atom is -0.474 e. The number of pyridine rings is 1. The van der Waals surface area contributed by atoms with E-state index in [-0.39, 0.29) is 29.5 Å². The van der Waals surface area contributed by atoms with E-state index in [9.17, 15) is 9.59 Å². The number of primary amides is 1. The zero-order chi connectivity index (χ0) is 19.2. The van der Waals surface area contributed by atoms with Crippen molar-refractivity contribution in [2.45, 2.75) is 63.6 Å². The molecular formula is C20H26N4O3. The number of nitrogens with zero attached hydrogens (tertiary/aromatic N) is 2. The molecule has 1 aliphatic heterocycles. The molecule has 0 radical (unpaired) electrons. The van der Waals surface area contributed by atoms with E-state index >= 15 is 0 Å². The van der Waals surface area contributed by atoms with Gasteiger partial charge in [-0.15, -0.1) is 0 Å². The molecule has 2 saturated carbocycles. The van der Waals surface area contributed by atoms with Crippen LogP contribution >= 0.6 is 0 Å². The highest BCUT2D eigenvalue weighted by molar-refractivity contribution is 5.94. The van der Waals surface area contributed by atoms with Crippen LogP contribution in [-0.2, 0) is 4.79 Å². The molecule has 1 aromatic heterocycles. The molecule has 3 N–H and O–H groups in total. The second kappa shape index (κ2) is 6.55. The van der Waals surface area contributed by atoms with E-state index in [1.807, 2.05) is 4.90 Å². The van der Waals surface area contributed by atoms with Gasteiger partial charge in [0.15, 0.2) is 0 Å². The highest BCUT2D eigenvalue weighted by atomic mass is 16.5. The van der Waals surface area contributed by atoms with Crippen molar-refractivity contribution in [1.29, 1.82) is 0 Å². The van der Waals surface area contributed by atoms with Gasteiger partial charge < -0.3 is 15.8 Å². The molecule has 4 rings (SSSR count). The molecule has 2 aliphatic carbocycles. The van der Waals surface area contributed by atoms with Gasteiger partial charge in [0.1, 0.15) is 23.5 Å². The number of hydrogen-bond donors (Lipinski definition) is 2. The smallest absolute Gasteiger partial charge is 0.254 e. The lowest BCUT2D eigenvalue weighted by molar-refractivity contribution is -0.142. The van der Waals surface area contributed by atoms with Gasteiger partial charge in [0.2, 0.25) is 5.88 Å². The summed E-state index contributed by atoms with van der Waals surface area (Å²) in [6.07, 6.45) is 7.23. The van der Waals surface area contributed by atoms with Gasteiger partial charge in [0.25, 0.3) is 11.8 Å². The topological polar surface area (TPSA) is 97.6 Å². The van der Waals surface area contributed by atoms with Crippen LogP contribution in [0.15, 0.2) is 30.7 Å². The van der Waals surface area contributed by atoms with E-state index < -0.39 is 5.91 Å². The molecule has 2 heterocycles. The maximum absolute atomic E-state index is 12.6. The molecule has 1 saturated heterocycles. The fourth-order valence-electron chi connectivity index (χ4n) is 4.79. The Bertz CT molecular complexity index is 779. The molecule has 1 aromatic rings. The fourth-order valence-corrected chi connectivity index (χ4v) is 4.79. The summed E-state index contributed by atoms with van der Waals surface area (Å²) in [6.45, 7) is 6.11. The summed E-state index contributed by atoms with van der Waals surface area (Å²) < 4.78 is 5.90. The Morgan fingerprint density at radius 2 is 2.19 bits per heavy atom. The molecule has 1 spiro atoms. The van der Waals surface area contributed by atoms with Crippen molar-refractivity contribution < 1.29 is 14.3 Å². The third-order valence-corrected chi connectivity index (χ3v) is 6.08. The Morgan fingerprint density at radius 1 is 1.44 bits per heavy atom.